The van der Waals surface area contributed by atoms with Gasteiger partial charge in [0.05, 0.1) is 29.8 Å². The van der Waals surface area contributed by atoms with Crippen LogP contribution in [-0.2, 0) is 20.7 Å². The molecule has 40 heavy (non-hydrogen) atoms. The summed E-state index contributed by atoms with van der Waals surface area (Å²) in [7, 11) is 0. The van der Waals surface area contributed by atoms with Crippen LogP contribution in [0, 0.1) is 19.7 Å². The maximum Gasteiger partial charge on any atom is 0.306 e. The Balaban J connectivity index is 1.45. The molecule has 1 amide bonds. The molecule has 2 aromatic heterocycles. The van der Waals surface area contributed by atoms with Crippen molar-refractivity contribution >= 4 is 28.7 Å². The molecule has 1 fully saturated rings. The van der Waals surface area contributed by atoms with Gasteiger partial charge in [-0.2, -0.15) is 5.10 Å². The van der Waals surface area contributed by atoms with Gasteiger partial charge < -0.3 is 14.5 Å². The monoisotopic (exact) mass is 544 g/mol. The van der Waals surface area contributed by atoms with Gasteiger partial charge >= 0.3 is 5.97 Å². The number of carbonyl (C=O) groups excluding carboxylic acids is 2. The zero-order valence-corrected chi connectivity index (χ0v) is 23.1. The van der Waals surface area contributed by atoms with Crippen molar-refractivity contribution in [2.75, 3.05) is 37.7 Å². The van der Waals surface area contributed by atoms with Gasteiger partial charge in [0.1, 0.15) is 17.5 Å². The van der Waals surface area contributed by atoms with Crippen LogP contribution in [0.1, 0.15) is 42.4 Å². The molecule has 9 nitrogen and oxygen atoms in total. The third-order valence-corrected chi connectivity index (χ3v) is 7.06. The third-order valence-electron chi connectivity index (χ3n) is 7.06. The second-order valence-electron chi connectivity index (χ2n) is 9.97. The third kappa shape index (κ3) is 5.95. The van der Waals surface area contributed by atoms with Crippen molar-refractivity contribution in [3.05, 3.63) is 77.0 Å². The van der Waals surface area contributed by atoms with Crippen LogP contribution in [0.15, 0.2) is 48.5 Å². The molecule has 1 saturated heterocycles. The summed E-state index contributed by atoms with van der Waals surface area (Å²) in [5.41, 5.74) is 4.41. The number of carbonyl (C=O) groups is 2. The Bertz CT molecular complexity index is 1510. The number of aryl methyl sites for hydroxylation is 2. The van der Waals surface area contributed by atoms with E-state index in [0.29, 0.717) is 56.4 Å². The number of amides is 1. The van der Waals surface area contributed by atoms with Gasteiger partial charge in [-0.05, 0) is 50.6 Å². The summed E-state index contributed by atoms with van der Waals surface area (Å²) in [6.45, 7) is 8.24. The number of halogens is 1. The van der Waals surface area contributed by atoms with E-state index in [1.165, 1.54) is 17.7 Å². The van der Waals surface area contributed by atoms with Crippen molar-refractivity contribution in [2.45, 2.75) is 40.0 Å². The Morgan fingerprint density at radius 2 is 1.62 bits per heavy atom. The summed E-state index contributed by atoms with van der Waals surface area (Å²) in [5, 5.41) is 5.59. The number of anilines is 1. The molecule has 2 aromatic carbocycles. The van der Waals surface area contributed by atoms with E-state index in [4.69, 9.17) is 19.8 Å². The fourth-order valence-electron chi connectivity index (χ4n) is 4.93. The normalized spacial score (nSPS) is 13.6. The van der Waals surface area contributed by atoms with Crippen LogP contribution in [0.4, 0.5) is 10.2 Å². The fourth-order valence-corrected chi connectivity index (χ4v) is 4.93. The van der Waals surface area contributed by atoms with Gasteiger partial charge in [0.15, 0.2) is 5.65 Å². The van der Waals surface area contributed by atoms with Gasteiger partial charge in [0, 0.05) is 39.0 Å². The van der Waals surface area contributed by atoms with Gasteiger partial charge in [-0.1, -0.05) is 29.8 Å². The van der Waals surface area contributed by atoms with Crippen LogP contribution in [0.2, 0.25) is 0 Å². The molecule has 0 N–H and O–H groups in total. The Hall–Kier alpha value is -4.34. The molecule has 10 heteroatoms. The second-order valence-corrected chi connectivity index (χ2v) is 9.97. The SMILES string of the molecule is CCOC(=O)CCC(=O)N1CCN(c2nc(Cc3ccc(C)cc3)nc3c2c(C)nn3-c2ccc(F)cc2)CC1. The molecule has 0 atom stereocenters. The molecular weight excluding hydrogens is 511 g/mol. The van der Waals surface area contributed by atoms with Crippen molar-refractivity contribution in [1.82, 2.24) is 24.6 Å². The van der Waals surface area contributed by atoms with Crippen molar-refractivity contribution in [3.8, 4) is 5.69 Å². The molecule has 0 aliphatic carbocycles. The van der Waals surface area contributed by atoms with Crippen LogP contribution < -0.4 is 4.90 Å². The highest BCUT2D eigenvalue weighted by molar-refractivity contribution is 5.91. The predicted molar refractivity (Wildman–Crippen MR) is 150 cm³/mol. The number of benzene rings is 2. The number of fused-ring (bicyclic) bond motifs is 1. The average molecular weight is 545 g/mol. The number of piperazine rings is 1. The average Bonchev–Trinajstić information content (AvgIpc) is 3.29. The summed E-state index contributed by atoms with van der Waals surface area (Å²) in [6.07, 6.45) is 0.771. The fraction of sp³-hybridized carbons (Fsp3) is 0.367. The largest absolute Gasteiger partial charge is 0.466 e. The number of esters is 1. The molecule has 0 saturated carbocycles. The van der Waals surface area contributed by atoms with Crippen LogP contribution in [-0.4, -0.2) is 69.3 Å². The molecule has 0 radical (unpaired) electrons. The lowest BCUT2D eigenvalue weighted by Gasteiger charge is -2.35. The Kier molecular flexibility index (Phi) is 8.04. The molecule has 1 aliphatic rings. The molecule has 0 unspecified atom stereocenters. The Labute approximate surface area is 232 Å². The molecule has 208 valence electrons. The van der Waals surface area contributed by atoms with E-state index in [1.54, 1.807) is 28.6 Å². The Morgan fingerprint density at radius 1 is 0.925 bits per heavy atom. The molecule has 0 bridgehead atoms. The minimum atomic E-state index is -0.354. The first-order chi connectivity index (χ1) is 19.3. The van der Waals surface area contributed by atoms with Gasteiger partial charge in [-0.25, -0.2) is 19.0 Å². The number of aromatic nitrogens is 4. The molecule has 0 spiro atoms. The minimum Gasteiger partial charge on any atom is -0.466 e. The van der Waals surface area contributed by atoms with Crippen LogP contribution in [0.3, 0.4) is 0 Å². The molecule has 5 rings (SSSR count). The van der Waals surface area contributed by atoms with E-state index >= 15 is 0 Å². The number of rotatable bonds is 8. The number of hydrogen-bond acceptors (Lipinski definition) is 7. The number of ether oxygens (including phenoxy) is 1. The standard InChI is InChI=1S/C30H33FN6O3/c1-4-40-27(39)14-13-26(38)35-15-17-36(18-16-35)29-28-21(3)34-37(24-11-9-23(31)10-12-24)30(28)33-25(32-29)19-22-7-5-20(2)6-8-22/h5-12H,4,13-19H2,1-3H3. The molecule has 3 heterocycles. The smallest absolute Gasteiger partial charge is 0.306 e. The maximum atomic E-state index is 13.7. The predicted octanol–water partition coefficient (Wildman–Crippen LogP) is 4.15. The summed E-state index contributed by atoms with van der Waals surface area (Å²) in [5.74, 6) is 0.703. The zero-order chi connectivity index (χ0) is 28.2. The van der Waals surface area contributed by atoms with E-state index in [0.717, 1.165) is 22.5 Å². The quantitative estimate of drug-likeness (QED) is 0.308. The van der Waals surface area contributed by atoms with E-state index < -0.39 is 0 Å². The lowest BCUT2D eigenvalue weighted by atomic mass is 10.1. The first kappa shape index (κ1) is 27.2. The van der Waals surface area contributed by atoms with Gasteiger partial charge in [-0.3, -0.25) is 9.59 Å². The van der Waals surface area contributed by atoms with E-state index in [2.05, 4.69) is 36.1 Å². The van der Waals surface area contributed by atoms with Gasteiger partial charge in [-0.15, -0.1) is 0 Å². The lowest BCUT2D eigenvalue weighted by Crippen LogP contribution is -2.49. The van der Waals surface area contributed by atoms with Crippen molar-refractivity contribution in [1.29, 1.82) is 0 Å². The summed E-state index contributed by atoms with van der Waals surface area (Å²) < 4.78 is 20.3. The number of nitrogens with zero attached hydrogens (tertiary/aromatic N) is 6. The van der Waals surface area contributed by atoms with Crippen LogP contribution >= 0.6 is 0 Å². The molecular formula is C30H33FN6O3. The maximum absolute atomic E-state index is 13.7. The first-order valence-corrected chi connectivity index (χ1v) is 13.6. The van der Waals surface area contributed by atoms with Gasteiger partial charge in [0.25, 0.3) is 0 Å². The van der Waals surface area contributed by atoms with Crippen molar-refractivity contribution in [3.63, 3.8) is 0 Å². The second kappa shape index (κ2) is 11.8. The van der Waals surface area contributed by atoms with Crippen LogP contribution in [0.25, 0.3) is 16.7 Å². The van der Waals surface area contributed by atoms with Crippen molar-refractivity contribution in [2.24, 2.45) is 0 Å². The number of hydrogen-bond donors (Lipinski definition) is 0. The lowest BCUT2D eigenvalue weighted by molar-refractivity contribution is -0.145. The summed E-state index contributed by atoms with van der Waals surface area (Å²) >= 11 is 0. The Morgan fingerprint density at radius 3 is 2.30 bits per heavy atom. The van der Waals surface area contributed by atoms with Crippen LogP contribution in [0.5, 0.6) is 0 Å². The van der Waals surface area contributed by atoms with Gasteiger partial charge in [0.2, 0.25) is 5.91 Å². The first-order valence-electron chi connectivity index (χ1n) is 13.6. The molecule has 4 aromatic rings. The van der Waals surface area contributed by atoms with E-state index in [1.807, 2.05) is 6.92 Å². The molecule has 1 aliphatic heterocycles. The minimum absolute atomic E-state index is 0.0547. The van der Waals surface area contributed by atoms with E-state index in [-0.39, 0.29) is 30.5 Å². The van der Waals surface area contributed by atoms with E-state index in [9.17, 15) is 14.0 Å². The highest BCUT2D eigenvalue weighted by Gasteiger charge is 2.26. The summed E-state index contributed by atoms with van der Waals surface area (Å²) in [6, 6.07) is 14.5. The summed E-state index contributed by atoms with van der Waals surface area (Å²) in [4.78, 5) is 38.3. The highest BCUT2D eigenvalue weighted by atomic mass is 19.1. The highest BCUT2D eigenvalue weighted by Crippen LogP contribution is 2.30. The zero-order valence-electron chi connectivity index (χ0n) is 23.1. The van der Waals surface area contributed by atoms with Crippen molar-refractivity contribution < 1.29 is 18.7 Å². The topological polar surface area (TPSA) is 93.5 Å².